The molecular formula is C11H14F2N2O3. The summed E-state index contributed by atoms with van der Waals surface area (Å²) in [7, 11) is 2.53. The molecule has 0 amide bonds. The third-order valence-corrected chi connectivity index (χ3v) is 2.41. The number of rotatable bonds is 5. The average molecular weight is 260 g/mol. The lowest BCUT2D eigenvalue weighted by Crippen LogP contribution is -2.13. The standard InChI is InChI=1S/C11H14F2N2O3/c1-17-8-3-6(4-9(16)18-2)7(5-14)10(15-8)11(12)13/h3,11H,4-5,14H2,1-2H3. The zero-order valence-corrected chi connectivity index (χ0v) is 10.1. The van der Waals surface area contributed by atoms with Crippen molar-refractivity contribution in [3.8, 4) is 5.88 Å². The Bertz CT molecular complexity index is 439. The quantitative estimate of drug-likeness (QED) is 0.805. The Morgan fingerprint density at radius 3 is 2.61 bits per heavy atom. The summed E-state index contributed by atoms with van der Waals surface area (Å²) in [5, 5.41) is 0. The Morgan fingerprint density at radius 2 is 2.17 bits per heavy atom. The molecule has 0 aliphatic heterocycles. The molecule has 0 bridgehead atoms. The number of hydrogen-bond donors (Lipinski definition) is 1. The highest BCUT2D eigenvalue weighted by atomic mass is 19.3. The number of pyridine rings is 1. The molecule has 0 atom stereocenters. The Balaban J connectivity index is 3.28. The molecule has 0 radical (unpaired) electrons. The van der Waals surface area contributed by atoms with Gasteiger partial charge in [-0.2, -0.15) is 0 Å². The number of ether oxygens (including phenoxy) is 2. The predicted molar refractivity (Wildman–Crippen MR) is 59.4 cm³/mol. The van der Waals surface area contributed by atoms with Gasteiger partial charge in [0.1, 0.15) is 5.69 Å². The van der Waals surface area contributed by atoms with E-state index < -0.39 is 18.1 Å². The minimum atomic E-state index is -2.78. The van der Waals surface area contributed by atoms with E-state index >= 15 is 0 Å². The molecule has 7 heteroatoms. The highest BCUT2D eigenvalue weighted by Gasteiger charge is 2.20. The number of halogens is 2. The van der Waals surface area contributed by atoms with Gasteiger partial charge in [0.25, 0.3) is 6.43 Å². The number of hydrogen-bond acceptors (Lipinski definition) is 5. The molecule has 0 saturated carbocycles. The van der Waals surface area contributed by atoms with Gasteiger partial charge in [0.05, 0.1) is 20.6 Å². The van der Waals surface area contributed by atoms with Crippen molar-refractivity contribution in [1.29, 1.82) is 0 Å². The minimum Gasteiger partial charge on any atom is -0.481 e. The van der Waals surface area contributed by atoms with Crippen LogP contribution in [0.4, 0.5) is 8.78 Å². The van der Waals surface area contributed by atoms with Crippen LogP contribution in [0.25, 0.3) is 0 Å². The number of aromatic nitrogens is 1. The maximum atomic E-state index is 12.8. The smallest absolute Gasteiger partial charge is 0.309 e. The number of alkyl halides is 2. The summed E-state index contributed by atoms with van der Waals surface area (Å²) >= 11 is 0. The normalized spacial score (nSPS) is 10.6. The summed E-state index contributed by atoms with van der Waals surface area (Å²) in [6.45, 7) is -0.136. The van der Waals surface area contributed by atoms with Gasteiger partial charge in [-0.15, -0.1) is 0 Å². The molecule has 0 unspecified atom stereocenters. The van der Waals surface area contributed by atoms with Crippen molar-refractivity contribution in [2.45, 2.75) is 19.4 Å². The molecule has 5 nitrogen and oxygen atoms in total. The lowest BCUT2D eigenvalue weighted by atomic mass is 10.0. The molecule has 1 rings (SSSR count). The monoisotopic (exact) mass is 260 g/mol. The topological polar surface area (TPSA) is 74.4 Å². The molecule has 1 aromatic heterocycles. The van der Waals surface area contributed by atoms with Crippen molar-refractivity contribution in [1.82, 2.24) is 4.98 Å². The summed E-state index contributed by atoms with van der Waals surface area (Å²) in [6.07, 6.45) is -2.93. The van der Waals surface area contributed by atoms with Crippen LogP contribution >= 0.6 is 0 Å². The molecule has 1 heterocycles. The Morgan fingerprint density at radius 1 is 1.50 bits per heavy atom. The van der Waals surface area contributed by atoms with E-state index in [9.17, 15) is 13.6 Å². The zero-order valence-electron chi connectivity index (χ0n) is 10.1. The zero-order chi connectivity index (χ0) is 13.7. The van der Waals surface area contributed by atoms with Crippen LogP contribution in [-0.2, 0) is 22.5 Å². The number of esters is 1. The Labute approximate surface area is 103 Å². The van der Waals surface area contributed by atoms with Gasteiger partial charge in [-0.25, -0.2) is 13.8 Å². The van der Waals surface area contributed by atoms with Crippen molar-refractivity contribution < 1.29 is 23.0 Å². The van der Waals surface area contributed by atoms with Crippen molar-refractivity contribution in [2.24, 2.45) is 5.73 Å². The summed E-state index contributed by atoms with van der Waals surface area (Å²) in [6, 6.07) is 1.41. The minimum absolute atomic E-state index is 0.0152. The third-order valence-electron chi connectivity index (χ3n) is 2.41. The molecule has 2 N–H and O–H groups in total. The SMILES string of the molecule is COC(=O)Cc1cc(OC)nc(C(F)F)c1CN. The van der Waals surface area contributed by atoms with E-state index in [0.29, 0.717) is 5.56 Å². The number of nitrogens with zero attached hydrogens (tertiary/aromatic N) is 1. The van der Waals surface area contributed by atoms with Gasteiger partial charge in [0, 0.05) is 12.6 Å². The second-order valence-electron chi connectivity index (χ2n) is 3.45. The second-order valence-corrected chi connectivity index (χ2v) is 3.45. The molecule has 0 spiro atoms. The van der Waals surface area contributed by atoms with E-state index in [1.807, 2.05) is 0 Å². The third kappa shape index (κ3) is 3.13. The lowest BCUT2D eigenvalue weighted by Gasteiger charge is -2.13. The van der Waals surface area contributed by atoms with Crippen LogP contribution < -0.4 is 10.5 Å². The Kier molecular flexibility index (Phi) is 4.96. The van der Waals surface area contributed by atoms with Gasteiger partial charge in [-0.1, -0.05) is 0 Å². The van der Waals surface area contributed by atoms with E-state index in [1.54, 1.807) is 0 Å². The maximum absolute atomic E-state index is 12.8. The molecule has 1 aromatic rings. The lowest BCUT2D eigenvalue weighted by molar-refractivity contribution is -0.139. The summed E-state index contributed by atoms with van der Waals surface area (Å²) in [5.74, 6) is -0.528. The predicted octanol–water partition coefficient (Wildman–Crippen LogP) is 1.20. The van der Waals surface area contributed by atoms with Gasteiger partial charge in [-0.3, -0.25) is 4.79 Å². The molecule has 100 valence electrons. The van der Waals surface area contributed by atoms with Crippen molar-refractivity contribution in [3.63, 3.8) is 0 Å². The van der Waals surface area contributed by atoms with E-state index in [-0.39, 0.29) is 24.4 Å². The van der Waals surface area contributed by atoms with Crippen LogP contribution in [0, 0.1) is 0 Å². The van der Waals surface area contributed by atoms with Gasteiger partial charge in [0.15, 0.2) is 0 Å². The van der Waals surface area contributed by atoms with Gasteiger partial charge >= 0.3 is 5.97 Å². The summed E-state index contributed by atoms with van der Waals surface area (Å²) in [5.41, 5.74) is 5.46. The van der Waals surface area contributed by atoms with Crippen LogP contribution in [-0.4, -0.2) is 25.2 Å². The first kappa shape index (κ1) is 14.3. The van der Waals surface area contributed by atoms with E-state index in [2.05, 4.69) is 9.72 Å². The first-order chi connectivity index (χ1) is 8.53. The molecule has 0 aromatic carbocycles. The second kappa shape index (κ2) is 6.25. The molecule has 0 fully saturated rings. The van der Waals surface area contributed by atoms with E-state index in [1.165, 1.54) is 20.3 Å². The highest BCUT2D eigenvalue weighted by molar-refractivity contribution is 5.73. The average Bonchev–Trinajstić information content (AvgIpc) is 2.37. The van der Waals surface area contributed by atoms with Crippen LogP contribution in [0.5, 0.6) is 5.88 Å². The highest BCUT2D eigenvalue weighted by Crippen LogP contribution is 2.27. The number of nitrogens with two attached hydrogens (primary N) is 1. The summed E-state index contributed by atoms with van der Waals surface area (Å²) < 4.78 is 35.0. The van der Waals surface area contributed by atoms with E-state index in [4.69, 9.17) is 10.5 Å². The number of carbonyl (C=O) groups excluding carboxylic acids is 1. The molecule has 18 heavy (non-hydrogen) atoms. The maximum Gasteiger partial charge on any atom is 0.309 e. The van der Waals surface area contributed by atoms with Gasteiger partial charge in [0.2, 0.25) is 5.88 Å². The van der Waals surface area contributed by atoms with Crippen molar-refractivity contribution >= 4 is 5.97 Å². The molecule has 0 saturated heterocycles. The van der Waals surface area contributed by atoms with Gasteiger partial charge in [-0.05, 0) is 11.1 Å². The van der Waals surface area contributed by atoms with E-state index in [0.717, 1.165) is 0 Å². The molecule has 0 aliphatic carbocycles. The fourth-order valence-electron chi connectivity index (χ4n) is 1.53. The summed E-state index contributed by atoms with van der Waals surface area (Å²) in [4.78, 5) is 14.9. The fraction of sp³-hybridized carbons (Fsp3) is 0.455. The molecular weight excluding hydrogens is 246 g/mol. The van der Waals surface area contributed by atoms with Crippen LogP contribution in [0.3, 0.4) is 0 Å². The number of carbonyl (C=O) groups is 1. The van der Waals surface area contributed by atoms with Crippen LogP contribution in [0.1, 0.15) is 23.2 Å². The first-order valence-electron chi connectivity index (χ1n) is 5.15. The van der Waals surface area contributed by atoms with Crippen LogP contribution in [0.2, 0.25) is 0 Å². The first-order valence-corrected chi connectivity index (χ1v) is 5.15. The van der Waals surface area contributed by atoms with Crippen molar-refractivity contribution in [2.75, 3.05) is 14.2 Å². The molecule has 0 aliphatic rings. The van der Waals surface area contributed by atoms with Gasteiger partial charge < -0.3 is 15.2 Å². The van der Waals surface area contributed by atoms with Crippen LogP contribution in [0.15, 0.2) is 6.07 Å². The van der Waals surface area contributed by atoms with Crippen molar-refractivity contribution in [3.05, 3.63) is 22.9 Å². The fourth-order valence-corrected chi connectivity index (χ4v) is 1.53. The number of methoxy groups -OCH3 is 2. The largest absolute Gasteiger partial charge is 0.481 e. The Hall–Kier alpha value is -1.76.